The first kappa shape index (κ1) is 13.6. The van der Waals surface area contributed by atoms with Crippen molar-refractivity contribution >= 4 is 5.78 Å². The molecule has 3 fully saturated rings. The molecular weight excluding hydrogens is 234 g/mol. The van der Waals surface area contributed by atoms with Gasteiger partial charge in [-0.1, -0.05) is 13.3 Å². The summed E-state index contributed by atoms with van der Waals surface area (Å²) in [6, 6.07) is 1.39. The molecule has 0 bridgehead atoms. The van der Waals surface area contributed by atoms with Crippen molar-refractivity contribution in [2.75, 3.05) is 6.54 Å². The van der Waals surface area contributed by atoms with Gasteiger partial charge in [0.15, 0.2) is 0 Å². The minimum Gasteiger partial charge on any atom is -0.299 e. The van der Waals surface area contributed by atoms with Crippen molar-refractivity contribution in [3.63, 3.8) is 0 Å². The molecule has 0 aromatic heterocycles. The van der Waals surface area contributed by atoms with E-state index in [9.17, 15) is 4.79 Å². The lowest BCUT2D eigenvalue weighted by Crippen LogP contribution is -2.46. The van der Waals surface area contributed by atoms with E-state index >= 15 is 0 Å². The molecule has 2 unspecified atom stereocenters. The molecule has 0 N–H and O–H groups in total. The van der Waals surface area contributed by atoms with Crippen LogP contribution in [0, 0.1) is 11.8 Å². The number of ketones is 1. The fourth-order valence-electron chi connectivity index (χ4n) is 4.69. The van der Waals surface area contributed by atoms with Gasteiger partial charge < -0.3 is 0 Å². The van der Waals surface area contributed by atoms with Crippen LogP contribution in [0.2, 0.25) is 0 Å². The van der Waals surface area contributed by atoms with Crippen molar-refractivity contribution in [2.45, 2.75) is 83.2 Å². The summed E-state index contributed by atoms with van der Waals surface area (Å²) < 4.78 is 0. The van der Waals surface area contributed by atoms with Crippen molar-refractivity contribution in [3.05, 3.63) is 0 Å². The molecule has 1 saturated heterocycles. The van der Waals surface area contributed by atoms with E-state index in [1.54, 1.807) is 0 Å². The van der Waals surface area contributed by atoms with Gasteiger partial charge in [0.2, 0.25) is 0 Å². The quantitative estimate of drug-likeness (QED) is 0.755. The van der Waals surface area contributed by atoms with E-state index < -0.39 is 0 Å². The Balaban J connectivity index is 1.65. The number of hydrogen-bond acceptors (Lipinski definition) is 2. The second kappa shape index (κ2) is 5.95. The third-order valence-electron chi connectivity index (χ3n) is 5.86. The van der Waals surface area contributed by atoms with Gasteiger partial charge in [-0.2, -0.15) is 0 Å². The minimum absolute atomic E-state index is 0.385. The Hall–Kier alpha value is -0.370. The van der Waals surface area contributed by atoms with E-state index in [1.807, 2.05) is 0 Å². The Morgan fingerprint density at radius 3 is 2.47 bits per heavy atom. The van der Waals surface area contributed by atoms with Gasteiger partial charge in [0, 0.05) is 24.4 Å². The number of Topliss-reactive ketones (excluding diaryl/α,β-unsaturated/α-hetero) is 1. The molecule has 0 radical (unpaired) electrons. The first-order valence-corrected chi connectivity index (χ1v) is 8.54. The van der Waals surface area contributed by atoms with Crippen molar-refractivity contribution < 1.29 is 4.79 Å². The first-order chi connectivity index (χ1) is 9.25. The molecule has 2 nitrogen and oxygen atoms in total. The summed E-state index contributed by atoms with van der Waals surface area (Å²) in [5, 5.41) is 0. The second-order valence-corrected chi connectivity index (χ2v) is 7.18. The predicted molar refractivity (Wildman–Crippen MR) is 78.1 cm³/mol. The monoisotopic (exact) mass is 263 g/mol. The number of carbonyl (C=O) groups excluding carboxylic acids is 1. The van der Waals surface area contributed by atoms with Crippen LogP contribution >= 0.6 is 0 Å². The standard InChI is InChI=1S/C17H29NO/c1-13-8-10-14(11-9-13)18-12-4-6-16(18)15-5-2-3-7-17(15)19/h13-16H,2-12H2,1H3. The van der Waals surface area contributed by atoms with E-state index in [4.69, 9.17) is 0 Å². The zero-order valence-electron chi connectivity index (χ0n) is 12.4. The molecule has 1 heterocycles. The number of rotatable bonds is 2. The summed E-state index contributed by atoms with van der Waals surface area (Å²) in [7, 11) is 0. The highest BCUT2D eigenvalue weighted by Gasteiger charge is 2.39. The fourth-order valence-corrected chi connectivity index (χ4v) is 4.69. The van der Waals surface area contributed by atoms with Crippen LogP contribution in [0.1, 0.15) is 71.1 Å². The largest absolute Gasteiger partial charge is 0.299 e. The molecule has 1 aliphatic heterocycles. The molecule has 0 aromatic carbocycles. The number of nitrogens with zero attached hydrogens (tertiary/aromatic N) is 1. The third-order valence-corrected chi connectivity index (χ3v) is 5.86. The average Bonchev–Trinajstić information content (AvgIpc) is 2.89. The zero-order valence-corrected chi connectivity index (χ0v) is 12.4. The number of likely N-dealkylation sites (tertiary alicyclic amines) is 1. The highest BCUT2D eigenvalue weighted by molar-refractivity contribution is 5.82. The van der Waals surface area contributed by atoms with Gasteiger partial charge >= 0.3 is 0 Å². The van der Waals surface area contributed by atoms with Crippen LogP contribution < -0.4 is 0 Å². The Bertz CT molecular complexity index is 319. The lowest BCUT2D eigenvalue weighted by atomic mass is 9.80. The number of carbonyl (C=O) groups is 1. The summed E-state index contributed by atoms with van der Waals surface area (Å²) >= 11 is 0. The van der Waals surface area contributed by atoms with Gasteiger partial charge in [-0.25, -0.2) is 0 Å². The summed E-state index contributed by atoms with van der Waals surface area (Å²) in [6.07, 6.45) is 12.6. The van der Waals surface area contributed by atoms with Gasteiger partial charge in [0.25, 0.3) is 0 Å². The van der Waals surface area contributed by atoms with Crippen LogP contribution in [-0.4, -0.2) is 29.3 Å². The highest BCUT2D eigenvalue weighted by Crippen LogP contribution is 2.37. The van der Waals surface area contributed by atoms with E-state index in [2.05, 4.69) is 11.8 Å². The van der Waals surface area contributed by atoms with Crippen LogP contribution in [0.15, 0.2) is 0 Å². The number of hydrogen-bond donors (Lipinski definition) is 0. The van der Waals surface area contributed by atoms with E-state index in [0.29, 0.717) is 17.7 Å². The van der Waals surface area contributed by atoms with Crippen LogP contribution in [0.3, 0.4) is 0 Å². The van der Waals surface area contributed by atoms with Gasteiger partial charge in [0.1, 0.15) is 5.78 Å². The van der Waals surface area contributed by atoms with Crippen LogP contribution in [0.5, 0.6) is 0 Å². The Morgan fingerprint density at radius 2 is 1.74 bits per heavy atom. The predicted octanol–water partition coefficient (Wildman–Crippen LogP) is 3.79. The maximum Gasteiger partial charge on any atom is 0.137 e. The summed E-state index contributed by atoms with van der Waals surface area (Å²) in [5.41, 5.74) is 0. The Morgan fingerprint density at radius 1 is 0.947 bits per heavy atom. The maximum absolute atomic E-state index is 12.2. The molecular formula is C17H29NO. The summed E-state index contributed by atoms with van der Waals surface area (Å²) in [4.78, 5) is 15.0. The highest BCUT2D eigenvalue weighted by atomic mass is 16.1. The van der Waals surface area contributed by atoms with Crippen LogP contribution in [0.4, 0.5) is 0 Å². The van der Waals surface area contributed by atoms with Gasteiger partial charge in [0.05, 0.1) is 0 Å². The van der Waals surface area contributed by atoms with Crippen molar-refractivity contribution in [3.8, 4) is 0 Å². The molecule has 0 spiro atoms. The normalized spacial score (nSPS) is 41.6. The van der Waals surface area contributed by atoms with Gasteiger partial charge in [-0.15, -0.1) is 0 Å². The molecule has 2 saturated carbocycles. The molecule has 3 rings (SSSR count). The average molecular weight is 263 g/mol. The molecule has 2 heteroatoms. The summed E-state index contributed by atoms with van der Waals surface area (Å²) in [6.45, 7) is 3.65. The van der Waals surface area contributed by atoms with E-state index in [-0.39, 0.29) is 0 Å². The van der Waals surface area contributed by atoms with E-state index in [0.717, 1.165) is 24.8 Å². The molecule has 108 valence electrons. The van der Waals surface area contributed by atoms with Crippen molar-refractivity contribution in [1.29, 1.82) is 0 Å². The van der Waals surface area contributed by atoms with Crippen LogP contribution in [0.25, 0.3) is 0 Å². The molecule has 2 aliphatic carbocycles. The van der Waals surface area contributed by atoms with E-state index in [1.165, 1.54) is 57.9 Å². The minimum atomic E-state index is 0.385. The maximum atomic E-state index is 12.2. The lowest BCUT2D eigenvalue weighted by Gasteiger charge is -2.40. The Kier molecular flexibility index (Phi) is 4.26. The molecule has 2 atom stereocenters. The van der Waals surface area contributed by atoms with Crippen molar-refractivity contribution in [2.24, 2.45) is 11.8 Å². The van der Waals surface area contributed by atoms with Gasteiger partial charge in [-0.05, 0) is 63.8 Å². The van der Waals surface area contributed by atoms with Gasteiger partial charge in [-0.3, -0.25) is 9.69 Å². The molecule has 0 amide bonds. The summed E-state index contributed by atoms with van der Waals surface area (Å²) in [5.74, 6) is 1.89. The second-order valence-electron chi connectivity index (χ2n) is 7.18. The Labute approximate surface area is 117 Å². The zero-order chi connectivity index (χ0) is 13.2. The molecule has 19 heavy (non-hydrogen) atoms. The smallest absolute Gasteiger partial charge is 0.137 e. The van der Waals surface area contributed by atoms with Crippen LogP contribution in [-0.2, 0) is 4.79 Å². The lowest BCUT2D eigenvalue weighted by molar-refractivity contribution is -0.127. The molecule has 3 aliphatic rings. The fraction of sp³-hybridized carbons (Fsp3) is 0.941. The SMILES string of the molecule is CC1CCC(N2CCCC2C2CCCCC2=O)CC1. The van der Waals surface area contributed by atoms with Crippen molar-refractivity contribution in [1.82, 2.24) is 4.90 Å². The first-order valence-electron chi connectivity index (χ1n) is 8.54. The topological polar surface area (TPSA) is 20.3 Å². The third kappa shape index (κ3) is 2.89. The molecule has 0 aromatic rings.